The van der Waals surface area contributed by atoms with E-state index in [1.165, 1.54) is 33.4 Å². The number of ether oxygens (including phenoxy) is 2. The third-order valence-electron chi connectivity index (χ3n) is 9.83. The van der Waals surface area contributed by atoms with Crippen LogP contribution in [0.15, 0.2) is 224 Å². The molecule has 6 aromatic carbocycles. The van der Waals surface area contributed by atoms with Crippen LogP contribution in [0, 0.1) is 0 Å². The van der Waals surface area contributed by atoms with Crippen LogP contribution >= 0.6 is 0 Å². The zero-order valence-electron chi connectivity index (χ0n) is 45.2. The molecule has 84 heavy (non-hydrogen) atoms. The van der Waals surface area contributed by atoms with Crippen LogP contribution < -0.4 is 50.3 Å². The molecule has 0 heterocycles. The molecule has 6 aromatic rings. The second kappa shape index (κ2) is 34.7. The van der Waals surface area contributed by atoms with Gasteiger partial charge in [-0.2, -0.15) is 34.4 Å². The van der Waals surface area contributed by atoms with Gasteiger partial charge in [-0.05, 0) is 111 Å². The van der Waals surface area contributed by atoms with Gasteiger partial charge < -0.3 is 39.4 Å². The molecule has 6 rings (SSSR count). The molecule has 0 bridgehead atoms. The molecule has 452 valence electrons. The number of benzene rings is 6. The Hall–Kier alpha value is -5.37. The molecule has 0 aliphatic rings. The van der Waals surface area contributed by atoms with Crippen molar-refractivity contribution < 1.29 is 139 Å². The number of esters is 2. The number of rotatable bonds is 22. The van der Waals surface area contributed by atoms with Crippen molar-refractivity contribution >= 4 is 74.2 Å². The van der Waals surface area contributed by atoms with E-state index in [1.54, 1.807) is 24.3 Å². The van der Waals surface area contributed by atoms with E-state index in [0.717, 1.165) is 22.3 Å². The number of carbonyl (C=O) groups is 2. The molecule has 0 saturated carbocycles. The fraction of sp³-hybridized carbons (Fsp3) is 0.222. The Kier molecular flexibility index (Phi) is 31.7. The van der Waals surface area contributed by atoms with E-state index in [9.17, 15) is 78.7 Å². The minimum atomic E-state index is -6.08. The van der Waals surface area contributed by atoms with Crippen molar-refractivity contribution in [1.29, 1.82) is 0 Å². The van der Waals surface area contributed by atoms with Gasteiger partial charge >= 0.3 is 72.2 Å². The van der Waals surface area contributed by atoms with E-state index < -0.39 is 101 Å². The van der Waals surface area contributed by atoms with E-state index in [0.29, 0.717) is 11.5 Å². The van der Waals surface area contributed by atoms with Crippen LogP contribution in [-0.2, 0) is 81.3 Å². The summed E-state index contributed by atoms with van der Waals surface area (Å²) in [4.78, 5) is 28.6. The van der Waals surface area contributed by atoms with Crippen molar-refractivity contribution in [2.75, 3.05) is 25.7 Å². The average Bonchev–Trinajstić information content (AvgIpc) is 3.61. The quantitative estimate of drug-likeness (QED) is 0.0176. The van der Waals surface area contributed by atoms with Gasteiger partial charge in [0.2, 0.25) is 0 Å². The summed E-state index contributed by atoms with van der Waals surface area (Å²) < 4.78 is 199. The van der Waals surface area contributed by atoms with Crippen LogP contribution in [0.4, 0.5) is 26.3 Å². The number of carbonyl (C=O) groups excluding carboxylic acids is 2. The van der Waals surface area contributed by atoms with Crippen molar-refractivity contribution in [2.24, 2.45) is 0 Å². The second-order valence-electron chi connectivity index (χ2n) is 16.8. The molecule has 0 aliphatic heterocycles. The maximum absolute atomic E-state index is 12.8. The molecule has 0 spiro atoms. The molecule has 0 amide bonds. The molecule has 0 fully saturated rings. The molecule has 0 aromatic heterocycles. The molecule has 2 atom stereocenters. The summed E-state index contributed by atoms with van der Waals surface area (Å²) in [6.07, 6.45) is -6.59. The minimum Gasteiger partial charge on any atom is -1.00 e. The van der Waals surface area contributed by atoms with Gasteiger partial charge in [0.25, 0.3) is 0 Å². The van der Waals surface area contributed by atoms with E-state index in [1.807, 2.05) is 97.1 Å². The van der Waals surface area contributed by atoms with E-state index in [-0.39, 0.29) is 74.9 Å². The summed E-state index contributed by atoms with van der Waals surface area (Å²) in [5.41, 5.74) is -0.0489. The Labute approximate surface area is 518 Å². The number of halogens is 7. The molecule has 16 nitrogen and oxygen atoms in total. The summed E-state index contributed by atoms with van der Waals surface area (Å²) in [6.45, 7) is 7.36. The third kappa shape index (κ3) is 25.7. The Morgan fingerprint density at radius 2 is 0.679 bits per heavy atom. The molecule has 2 unspecified atom stereocenters. The summed E-state index contributed by atoms with van der Waals surface area (Å²) >= 11 is 0. The molecular formula is C54H54ClF6NaO16S6. The Bertz CT molecular complexity index is 3200. The van der Waals surface area contributed by atoms with Crippen LogP contribution in [0.1, 0.15) is 26.7 Å². The molecule has 0 radical (unpaired) electrons. The van der Waals surface area contributed by atoms with Gasteiger partial charge in [0, 0.05) is 24.0 Å². The number of hydrogen-bond donors (Lipinski definition) is 0. The first-order valence-electron chi connectivity index (χ1n) is 23.3. The van der Waals surface area contributed by atoms with Crippen molar-refractivity contribution in [1.82, 2.24) is 0 Å². The first-order chi connectivity index (χ1) is 38.1. The smallest absolute Gasteiger partial charge is 1.00 e. The topological polar surface area (TPSA) is 254 Å². The SMILES string of the molecule is C=C(C)C(=O)OCCC(F)C(F)(F)S(=O)(=O)[O-].C=C(C)C(=O)OCCC(F)C(F)(F)S(=O)(=O)[O-].CS(=O)(=O)Oc1ccc([S+](c2ccccc2)c2ccccc2)cc1.CS(=O)(=O)Oc1ccc([S+](c2ccccc2)c2ccccc2)cc1.[Cl-].[Na+]. The van der Waals surface area contributed by atoms with Crippen molar-refractivity contribution in [3.63, 3.8) is 0 Å². The Balaban J connectivity index is 0.000000565. The summed E-state index contributed by atoms with van der Waals surface area (Å²) in [6, 6.07) is 55.5. The van der Waals surface area contributed by atoms with E-state index in [4.69, 9.17) is 8.37 Å². The Morgan fingerprint density at radius 3 is 0.869 bits per heavy atom. The third-order valence-corrected chi connectivity index (χ3v) is 17.1. The van der Waals surface area contributed by atoms with Crippen molar-refractivity contribution in [3.05, 3.63) is 194 Å². The molecule has 0 aliphatic carbocycles. The minimum absolute atomic E-state index is 0. The van der Waals surface area contributed by atoms with Crippen molar-refractivity contribution in [3.8, 4) is 11.5 Å². The second-order valence-corrected chi connectivity index (χ2v) is 26.9. The first-order valence-corrected chi connectivity index (χ1v) is 32.2. The summed E-state index contributed by atoms with van der Waals surface area (Å²) in [5, 5.41) is -10.1. The molecular weight excluding hydrogens is 1270 g/mol. The summed E-state index contributed by atoms with van der Waals surface area (Å²) in [7, 11) is -19.7. The average molecular weight is 1320 g/mol. The number of hydrogen-bond acceptors (Lipinski definition) is 16. The molecule has 0 saturated heterocycles. The fourth-order valence-electron chi connectivity index (χ4n) is 6.06. The Morgan fingerprint density at radius 1 is 0.464 bits per heavy atom. The van der Waals surface area contributed by atoms with Crippen LogP contribution in [0.25, 0.3) is 0 Å². The number of alkyl halides is 6. The molecule has 30 heteroatoms. The van der Waals surface area contributed by atoms with E-state index >= 15 is 0 Å². The van der Waals surface area contributed by atoms with E-state index in [2.05, 4.69) is 71.2 Å². The van der Waals surface area contributed by atoms with Gasteiger partial charge in [0.05, 0.1) is 47.5 Å². The maximum Gasteiger partial charge on any atom is 1.00 e. The normalized spacial score (nSPS) is 12.3. The van der Waals surface area contributed by atoms with Gasteiger partial charge in [-0.1, -0.05) is 86.0 Å². The van der Waals surface area contributed by atoms with Gasteiger partial charge in [-0.3, -0.25) is 0 Å². The van der Waals surface area contributed by atoms with Gasteiger partial charge in [-0.25, -0.2) is 35.2 Å². The predicted octanol–water partition coefficient (Wildman–Crippen LogP) is 4.19. The zero-order valence-corrected chi connectivity index (χ0v) is 52.8. The monoisotopic (exact) mass is 1320 g/mol. The van der Waals surface area contributed by atoms with Crippen LogP contribution in [0.2, 0.25) is 0 Å². The first kappa shape index (κ1) is 76.6. The fourth-order valence-corrected chi connectivity index (χ4v) is 12.0. The molecule has 0 N–H and O–H groups in total. The van der Waals surface area contributed by atoms with Gasteiger partial charge in [-0.15, -0.1) is 0 Å². The van der Waals surface area contributed by atoms with Gasteiger partial charge in [0.15, 0.2) is 62.0 Å². The maximum atomic E-state index is 12.8. The van der Waals surface area contributed by atoms with Crippen LogP contribution in [0.5, 0.6) is 11.5 Å². The largest absolute Gasteiger partial charge is 1.00 e. The standard InChI is InChI=1S/2C19H17O3S2.2C8H11F3O5S.ClH.Na/c2*1-24(20,21)22-16-12-14-19(15-13-16)23(17-8-4-2-5-9-17)18-10-6-3-7-11-18;2*1-5(2)7(12)16-4-3-6(9)8(10,11)17(13,14)15;;/h2*2-15H,1H3;2*6H,1,3-4H2,2H3,(H,13,14,15);1H;/q2*+1;;;;+1/p-3. The van der Waals surface area contributed by atoms with Crippen LogP contribution in [0.3, 0.4) is 0 Å². The van der Waals surface area contributed by atoms with Crippen LogP contribution in [-0.4, -0.2) is 103 Å². The predicted molar refractivity (Wildman–Crippen MR) is 294 cm³/mol. The van der Waals surface area contributed by atoms with Crippen molar-refractivity contribution in [2.45, 2.75) is 78.9 Å². The summed E-state index contributed by atoms with van der Waals surface area (Å²) in [5.74, 6) is -1.20. The van der Waals surface area contributed by atoms with Gasteiger partial charge in [0.1, 0.15) is 11.5 Å². The zero-order chi connectivity index (χ0) is 61.7.